The summed E-state index contributed by atoms with van der Waals surface area (Å²) in [5.74, 6) is 0.364. The van der Waals surface area contributed by atoms with E-state index in [2.05, 4.69) is 0 Å². The Kier molecular flexibility index (Phi) is 4.70. The number of carbonyl (C=O) groups excluding carboxylic acids is 1. The number of thioether (sulfide) groups is 1. The third kappa shape index (κ3) is 3.52. The smallest absolute Gasteiger partial charge is 0.306 e. The molecule has 1 aromatic carbocycles. The second-order valence-electron chi connectivity index (χ2n) is 5.48. The molecule has 2 rings (SSSR count). The van der Waals surface area contributed by atoms with E-state index in [1.807, 2.05) is 6.07 Å². The van der Waals surface area contributed by atoms with Crippen molar-refractivity contribution in [1.82, 2.24) is 0 Å². The van der Waals surface area contributed by atoms with Crippen LogP contribution in [0.1, 0.15) is 37.8 Å². The number of methoxy groups -OCH3 is 1. The van der Waals surface area contributed by atoms with Crippen molar-refractivity contribution in [3.05, 3.63) is 29.6 Å². The van der Waals surface area contributed by atoms with Crippen molar-refractivity contribution in [2.24, 2.45) is 11.1 Å². The van der Waals surface area contributed by atoms with Crippen LogP contribution in [0.2, 0.25) is 0 Å². The number of carbonyl (C=O) groups is 1. The molecule has 1 unspecified atom stereocenters. The fourth-order valence-corrected chi connectivity index (χ4v) is 3.71. The first-order valence-electron chi connectivity index (χ1n) is 6.71. The molecule has 0 radical (unpaired) electrons. The van der Waals surface area contributed by atoms with E-state index < -0.39 is 0 Å². The Bertz CT molecular complexity index is 501. The molecule has 1 saturated carbocycles. The van der Waals surface area contributed by atoms with Crippen LogP contribution >= 0.6 is 11.8 Å². The maximum atomic E-state index is 13.8. The van der Waals surface area contributed by atoms with Gasteiger partial charge in [-0.3, -0.25) is 4.79 Å². The zero-order valence-corrected chi connectivity index (χ0v) is 12.6. The van der Waals surface area contributed by atoms with Crippen molar-refractivity contribution in [1.29, 1.82) is 0 Å². The highest BCUT2D eigenvalue weighted by molar-refractivity contribution is 7.99. The van der Waals surface area contributed by atoms with Gasteiger partial charge in [-0.2, -0.15) is 0 Å². The lowest BCUT2D eigenvalue weighted by molar-refractivity contribution is -0.141. The average molecular weight is 297 g/mol. The number of rotatable bonds is 6. The summed E-state index contributed by atoms with van der Waals surface area (Å²) in [6.45, 7) is 1.78. The van der Waals surface area contributed by atoms with Gasteiger partial charge in [0.05, 0.1) is 13.5 Å². The van der Waals surface area contributed by atoms with Gasteiger partial charge in [0.15, 0.2) is 0 Å². The molecular formula is C15H20FNO2S. The van der Waals surface area contributed by atoms with Crippen LogP contribution in [0.15, 0.2) is 23.1 Å². The Morgan fingerprint density at radius 3 is 2.80 bits per heavy atom. The van der Waals surface area contributed by atoms with Gasteiger partial charge in [0, 0.05) is 22.3 Å². The number of hydrogen-bond acceptors (Lipinski definition) is 4. The molecule has 0 spiro atoms. The van der Waals surface area contributed by atoms with Crippen molar-refractivity contribution in [3.8, 4) is 0 Å². The zero-order valence-electron chi connectivity index (χ0n) is 11.8. The Morgan fingerprint density at radius 2 is 2.25 bits per heavy atom. The van der Waals surface area contributed by atoms with Gasteiger partial charge >= 0.3 is 5.97 Å². The van der Waals surface area contributed by atoms with Gasteiger partial charge in [0.25, 0.3) is 0 Å². The monoisotopic (exact) mass is 297 g/mol. The number of halogens is 1. The minimum atomic E-state index is -0.338. The highest BCUT2D eigenvalue weighted by Gasteiger charge is 2.44. The molecule has 0 saturated heterocycles. The number of nitrogens with two attached hydrogens (primary N) is 1. The minimum absolute atomic E-state index is 0.0270. The first kappa shape index (κ1) is 15.3. The Morgan fingerprint density at radius 1 is 1.55 bits per heavy atom. The van der Waals surface area contributed by atoms with Gasteiger partial charge in [0.2, 0.25) is 0 Å². The van der Waals surface area contributed by atoms with Gasteiger partial charge in [0.1, 0.15) is 5.82 Å². The summed E-state index contributed by atoms with van der Waals surface area (Å²) in [4.78, 5) is 12.3. The lowest BCUT2D eigenvalue weighted by atomic mass is 10.1. The minimum Gasteiger partial charge on any atom is -0.469 e. The van der Waals surface area contributed by atoms with Gasteiger partial charge in [-0.25, -0.2) is 4.39 Å². The van der Waals surface area contributed by atoms with E-state index in [0.29, 0.717) is 12.0 Å². The largest absolute Gasteiger partial charge is 0.469 e. The van der Waals surface area contributed by atoms with E-state index in [1.54, 1.807) is 24.8 Å². The highest BCUT2D eigenvalue weighted by atomic mass is 32.2. The maximum absolute atomic E-state index is 13.8. The Hall–Kier alpha value is -1.07. The molecule has 1 aliphatic rings. The lowest BCUT2D eigenvalue weighted by Crippen LogP contribution is -2.14. The summed E-state index contributed by atoms with van der Waals surface area (Å²) in [7, 11) is 1.41. The van der Waals surface area contributed by atoms with E-state index >= 15 is 0 Å². The summed E-state index contributed by atoms with van der Waals surface area (Å²) in [6, 6.07) is 4.68. The molecule has 110 valence electrons. The highest BCUT2D eigenvalue weighted by Crippen LogP contribution is 2.52. The molecule has 3 nitrogen and oxygen atoms in total. The molecule has 5 heteroatoms. The molecule has 1 atom stereocenters. The first-order chi connectivity index (χ1) is 9.47. The number of ether oxygens (including phenoxy) is 1. The van der Waals surface area contributed by atoms with Crippen LogP contribution in [0.4, 0.5) is 4.39 Å². The molecule has 1 fully saturated rings. The molecule has 1 aliphatic carbocycles. The summed E-state index contributed by atoms with van der Waals surface area (Å²) >= 11 is 1.58. The summed E-state index contributed by atoms with van der Waals surface area (Å²) in [6.07, 6.45) is 2.50. The SMILES string of the molecule is COC(=O)CC1(CSc2cccc(F)c2C(C)N)CC1. The number of benzene rings is 1. The van der Waals surface area contributed by atoms with E-state index in [4.69, 9.17) is 10.5 Å². The van der Waals surface area contributed by atoms with E-state index in [1.165, 1.54) is 13.2 Å². The van der Waals surface area contributed by atoms with Crippen molar-refractivity contribution >= 4 is 17.7 Å². The number of esters is 1. The van der Waals surface area contributed by atoms with Gasteiger partial charge < -0.3 is 10.5 Å². The standard InChI is InChI=1S/C15H20FNO2S/c1-10(17)14-11(16)4-3-5-12(14)20-9-15(6-7-15)8-13(18)19-2/h3-5,10H,6-9,17H2,1-2H3. The summed E-state index contributed by atoms with van der Waals surface area (Å²) < 4.78 is 18.6. The zero-order chi connectivity index (χ0) is 14.8. The van der Waals surface area contributed by atoms with Crippen molar-refractivity contribution in [2.45, 2.75) is 37.1 Å². The van der Waals surface area contributed by atoms with Crippen LogP contribution in [0.3, 0.4) is 0 Å². The van der Waals surface area contributed by atoms with Crippen LogP contribution in [0, 0.1) is 11.2 Å². The van der Waals surface area contributed by atoms with E-state index in [-0.39, 0.29) is 23.2 Å². The molecular weight excluding hydrogens is 277 g/mol. The third-order valence-corrected chi connectivity index (χ3v) is 5.13. The summed E-state index contributed by atoms with van der Waals surface area (Å²) in [5.41, 5.74) is 6.43. The molecule has 2 N–H and O–H groups in total. The lowest BCUT2D eigenvalue weighted by Gasteiger charge is -2.17. The molecule has 0 aromatic heterocycles. The average Bonchev–Trinajstić information content (AvgIpc) is 3.16. The number of hydrogen-bond donors (Lipinski definition) is 1. The van der Waals surface area contributed by atoms with E-state index in [9.17, 15) is 9.18 Å². The third-order valence-electron chi connectivity index (χ3n) is 3.71. The van der Waals surface area contributed by atoms with Crippen LogP contribution < -0.4 is 5.73 Å². The first-order valence-corrected chi connectivity index (χ1v) is 7.70. The van der Waals surface area contributed by atoms with Crippen molar-refractivity contribution in [3.63, 3.8) is 0 Å². The Labute approximate surface area is 123 Å². The van der Waals surface area contributed by atoms with Crippen LogP contribution in [-0.4, -0.2) is 18.8 Å². The molecule has 1 aromatic rings. The quantitative estimate of drug-likeness (QED) is 0.646. The van der Waals surface area contributed by atoms with Gasteiger partial charge in [-0.05, 0) is 37.3 Å². The second-order valence-corrected chi connectivity index (χ2v) is 6.50. The van der Waals surface area contributed by atoms with Crippen LogP contribution in [0.5, 0.6) is 0 Å². The predicted molar refractivity (Wildman–Crippen MR) is 78.0 cm³/mol. The van der Waals surface area contributed by atoms with Crippen LogP contribution in [0.25, 0.3) is 0 Å². The van der Waals surface area contributed by atoms with E-state index in [0.717, 1.165) is 23.5 Å². The molecule has 0 bridgehead atoms. The van der Waals surface area contributed by atoms with Gasteiger partial charge in [-0.1, -0.05) is 6.07 Å². The summed E-state index contributed by atoms with van der Waals surface area (Å²) in [5, 5.41) is 0. The fourth-order valence-electron chi connectivity index (χ4n) is 2.24. The Balaban J connectivity index is 2.05. The molecule has 0 heterocycles. The maximum Gasteiger partial charge on any atom is 0.306 e. The van der Waals surface area contributed by atoms with Gasteiger partial charge in [-0.15, -0.1) is 11.8 Å². The normalized spacial score (nSPS) is 17.6. The second kappa shape index (κ2) is 6.14. The predicted octanol–water partition coefficient (Wildman–Crippen LogP) is 3.28. The van der Waals surface area contributed by atoms with Crippen molar-refractivity contribution in [2.75, 3.05) is 12.9 Å². The molecule has 0 aliphatic heterocycles. The fraction of sp³-hybridized carbons (Fsp3) is 0.533. The van der Waals surface area contributed by atoms with Crippen molar-refractivity contribution < 1.29 is 13.9 Å². The molecule has 0 amide bonds. The topological polar surface area (TPSA) is 52.3 Å². The van der Waals surface area contributed by atoms with Crippen LogP contribution in [-0.2, 0) is 9.53 Å². The molecule has 20 heavy (non-hydrogen) atoms.